The van der Waals surface area contributed by atoms with Gasteiger partial charge in [0.2, 0.25) is 0 Å². The third-order valence-corrected chi connectivity index (χ3v) is 6.40. The Morgan fingerprint density at radius 1 is 1.28 bits per heavy atom. The zero-order valence-electron chi connectivity index (χ0n) is 20.0. The lowest BCUT2D eigenvalue weighted by atomic mass is 10.2. The van der Waals surface area contributed by atoms with Gasteiger partial charge in [-0.15, -0.1) is 0 Å². The van der Waals surface area contributed by atoms with Gasteiger partial charge in [0.1, 0.15) is 5.82 Å². The van der Waals surface area contributed by atoms with Gasteiger partial charge in [-0.05, 0) is 42.3 Å². The number of amides is 1. The second-order valence-electron chi connectivity index (χ2n) is 8.12. The van der Waals surface area contributed by atoms with E-state index in [4.69, 9.17) is 25.8 Å². The van der Waals surface area contributed by atoms with Gasteiger partial charge in [-0.3, -0.25) is 9.59 Å². The van der Waals surface area contributed by atoms with Crippen molar-refractivity contribution in [3.05, 3.63) is 61.6 Å². The number of ether oxygens (including phenoxy) is 3. The fourth-order valence-corrected chi connectivity index (χ4v) is 4.45. The van der Waals surface area contributed by atoms with Gasteiger partial charge in [0.25, 0.3) is 11.5 Å². The number of nitrogens with zero attached hydrogens (tertiary/aromatic N) is 4. The van der Waals surface area contributed by atoms with Gasteiger partial charge in [-0.25, -0.2) is 4.98 Å². The number of aryl methyl sites for hydroxylation is 1. The summed E-state index contributed by atoms with van der Waals surface area (Å²) in [4.78, 5) is 32.0. The van der Waals surface area contributed by atoms with Gasteiger partial charge < -0.3 is 19.1 Å². The first kappa shape index (κ1) is 26.1. The predicted octanol–water partition coefficient (Wildman–Crippen LogP) is 3.89. The van der Waals surface area contributed by atoms with Gasteiger partial charge in [0.15, 0.2) is 18.1 Å². The van der Waals surface area contributed by atoms with E-state index in [9.17, 15) is 9.59 Å². The number of aromatic nitrogens is 2. The maximum atomic E-state index is 13.2. The van der Waals surface area contributed by atoms with E-state index in [1.165, 1.54) is 18.0 Å². The fraction of sp³-hybridized carbons (Fsp3) is 0.360. The molecule has 36 heavy (non-hydrogen) atoms. The van der Waals surface area contributed by atoms with E-state index < -0.39 is 0 Å². The molecule has 0 N–H and O–H groups in total. The van der Waals surface area contributed by atoms with Crippen LogP contribution in [0, 0.1) is 0 Å². The Morgan fingerprint density at radius 3 is 2.78 bits per heavy atom. The molecule has 0 saturated carbocycles. The average Bonchev–Trinajstić information content (AvgIpc) is 2.88. The van der Waals surface area contributed by atoms with Crippen molar-refractivity contribution in [1.82, 2.24) is 14.6 Å². The maximum absolute atomic E-state index is 13.2. The molecular formula is C25H26BrClN4O5. The highest BCUT2D eigenvalue weighted by atomic mass is 79.9. The van der Waals surface area contributed by atoms with Crippen LogP contribution in [0.5, 0.6) is 11.5 Å². The third-order valence-electron chi connectivity index (χ3n) is 5.63. The second kappa shape index (κ2) is 11.9. The topological polar surface area (TPSA) is 95.3 Å². The number of morpholine rings is 1. The molecule has 0 aliphatic carbocycles. The highest BCUT2D eigenvalue weighted by Crippen LogP contribution is 2.36. The number of carbonyl (C=O) groups is 1. The Labute approximate surface area is 221 Å². The number of carbonyl (C=O) groups excluding carboxylic acids is 1. The monoisotopic (exact) mass is 576 g/mol. The summed E-state index contributed by atoms with van der Waals surface area (Å²) in [5.41, 5.74) is 0.948. The molecule has 9 nitrogen and oxygen atoms in total. The molecule has 1 aliphatic rings. The average molecular weight is 578 g/mol. The van der Waals surface area contributed by atoms with E-state index in [0.717, 1.165) is 10.9 Å². The zero-order chi connectivity index (χ0) is 25.7. The highest BCUT2D eigenvalue weighted by Gasteiger charge is 2.19. The molecule has 2 aromatic carbocycles. The molecule has 1 amide bonds. The number of fused-ring (bicyclic) bond motifs is 1. The van der Waals surface area contributed by atoms with E-state index in [-0.39, 0.29) is 28.8 Å². The number of hydrogen-bond acceptors (Lipinski definition) is 7. The molecule has 0 spiro atoms. The van der Waals surface area contributed by atoms with Gasteiger partial charge in [0, 0.05) is 24.0 Å². The van der Waals surface area contributed by atoms with Crippen molar-refractivity contribution in [2.45, 2.75) is 19.8 Å². The smallest absolute Gasteiger partial charge is 0.282 e. The number of methoxy groups -OCH3 is 1. The SMILES string of the molecule is CCCc1nc2ccc(Br)cc2c(=O)n1N=Cc1cc(Cl)c(OCC(=O)N2CCOCC2)c(OC)c1. The van der Waals surface area contributed by atoms with Gasteiger partial charge >= 0.3 is 0 Å². The first-order valence-electron chi connectivity index (χ1n) is 11.5. The minimum atomic E-state index is -0.263. The Morgan fingerprint density at radius 2 is 2.06 bits per heavy atom. The largest absolute Gasteiger partial charge is 0.493 e. The lowest BCUT2D eigenvalue weighted by molar-refractivity contribution is -0.137. The van der Waals surface area contributed by atoms with Crippen LogP contribution < -0.4 is 15.0 Å². The van der Waals surface area contributed by atoms with Gasteiger partial charge in [-0.1, -0.05) is 34.5 Å². The normalized spacial score (nSPS) is 13.9. The van der Waals surface area contributed by atoms with Crippen LogP contribution in [0.2, 0.25) is 5.02 Å². The van der Waals surface area contributed by atoms with E-state index in [2.05, 4.69) is 26.0 Å². The first-order valence-corrected chi connectivity index (χ1v) is 12.7. The fourth-order valence-electron chi connectivity index (χ4n) is 3.82. The molecule has 1 fully saturated rings. The van der Waals surface area contributed by atoms with Crippen LogP contribution in [0.4, 0.5) is 0 Å². The van der Waals surface area contributed by atoms with Crippen molar-refractivity contribution in [3.8, 4) is 11.5 Å². The molecule has 0 atom stereocenters. The van der Waals surface area contributed by atoms with Crippen LogP contribution in [0.15, 0.2) is 44.7 Å². The van der Waals surface area contributed by atoms with Crippen molar-refractivity contribution < 1.29 is 19.0 Å². The molecule has 1 saturated heterocycles. The first-order chi connectivity index (χ1) is 17.4. The molecule has 0 bridgehead atoms. The van der Waals surface area contributed by atoms with Crippen molar-refractivity contribution in [2.75, 3.05) is 40.0 Å². The van der Waals surface area contributed by atoms with Gasteiger partial charge in [0.05, 0.1) is 42.5 Å². The Bertz CT molecular complexity index is 1350. The molecule has 1 aliphatic heterocycles. The van der Waals surface area contributed by atoms with Crippen LogP contribution in [-0.4, -0.2) is 66.7 Å². The van der Waals surface area contributed by atoms with Crippen LogP contribution in [0.25, 0.3) is 10.9 Å². The van der Waals surface area contributed by atoms with Crippen molar-refractivity contribution in [3.63, 3.8) is 0 Å². The van der Waals surface area contributed by atoms with E-state index >= 15 is 0 Å². The molecule has 0 unspecified atom stereocenters. The molecule has 1 aromatic heterocycles. The summed E-state index contributed by atoms with van der Waals surface area (Å²) in [6, 6.07) is 8.71. The minimum Gasteiger partial charge on any atom is -0.493 e. The highest BCUT2D eigenvalue weighted by molar-refractivity contribution is 9.10. The standard InChI is InChI=1S/C25H26BrClN4O5/c1-3-4-22-29-20-6-5-17(26)13-18(20)25(33)31(22)28-14-16-11-19(27)24(21(12-16)34-2)36-15-23(32)30-7-9-35-10-8-30/h5-6,11-14H,3-4,7-10,15H2,1-2H3. The summed E-state index contributed by atoms with van der Waals surface area (Å²) >= 11 is 9.88. The summed E-state index contributed by atoms with van der Waals surface area (Å²) in [6.07, 6.45) is 2.91. The Hall–Kier alpha value is -2.95. The summed E-state index contributed by atoms with van der Waals surface area (Å²) in [5.74, 6) is 1.02. The lowest BCUT2D eigenvalue weighted by Gasteiger charge is -2.26. The molecule has 0 radical (unpaired) electrons. The summed E-state index contributed by atoms with van der Waals surface area (Å²) in [5, 5.41) is 5.15. The van der Waals surface area contributed by atoms with Gasteiger partial charge in [-0.2, -0.15) is 9.78 Å². The molecule has 2 heterocycles. The molecule has 4 rings (SSSR count). The predicted molar refractivity (Wildman–Crippen MR) is 142 cm³/mol. The van der Waals surface area contributed by atoms with Crippen LogP contribution in [0.1, 0.15) is 24.7 Å². The molecule has 11 heteroatoms. The number of benzene rings is 2. The van der Waals surface area contributed by atoms with E-state index in [1.807, 2.05) is 13.0 Å². The Kier molecular flexibility index (Phi) is 8.60. The van der Waals surface area contributed by atoms with Crippen LogP contribution >= 0.6 is 27.5 Å². The summed E-state index contributed by atoms with van der Waals surface area (Å²) in [7, 11) is 1.48. The van der Waals surface area contributed by atoms with E-state index in [1.54, 1.807) is 29.2 Å². The third kappa shape index (κ3) is 5.88. The number of rotatable bonds is 8. The van der Waals surface area contributed by atoms with Crippen LogP contribution in [-0.2, 0) is 16.0 Å². The quantitative estimate of drug-likeness (QED) is 0.377. The van der Waals surface area contributed by atoms with Crippen molar-refractivity contribution in [2.24, 2.45) is 5.10 Å². The van der Waals surface area contributed by atoms with Crippen LogP contribution in [0.3, 0.4) is 0 Å². The zero-order valence-corrected chi connectivity index (χ0v) is 22.3. The van der Waals surface area contributed by atoms with Crippen molar-refractivity contribution in [1.29, 1.82) is 0 Å². The number of hydrogen-bond donors (Lipinski definition) is 0. The number of halogens is 2. The van der Waals surface area contributed by atoms with E-state index in [0.29, 0.717) is 60.8 Å². The summed E-state index contributed by atoms with van der Waals surface area (Å²) < 4.78 is 18.5. The molecule has 3 aromatic rings. The summed E-state index contributed by atoms with van der Waals surface area (Å²) in [6.45, 7) is 3.93. The molecule has 190 valence electrons. The lowest BCUT2D eigenvalue weighted by Crippen LogP contribution is -2.43. The van der Waals surface area contributed by atoms with Crippen molar-refractivity contribution >= 4 is 50.6 Å². The second-order valence-corrected chi connectivity index (χ2v) is 9.44. The molecular weight excluding hydrogens is 552 g/mol. The Balaban J connectivity index is 1.60. The minimum absolute atomic E-state index is 0.152. The maximum Gasteiger partial charge on any atom is 0.282 e.